The van der Waals surface area contributed by atoms with E-state index < -0.39 is 12.2 Å². The number of aliphatic hydroxyl groups excluding tert-OH is 1. The molecule has 31 heavy (non-hydrogen) atoms. The van der Waals surface area contributed by atoms with E-state index in [1.807, 2.05) is 60.7 Å². The molecule has 156 valence electrons. The van der Waals surface area contributed by atoms with Crippen molar-refractivity contribution in [3.05, 3.63) is 90.4 Å². The molecule has 0 aliphatic carbocycles. The summed E-state index contributed by atoms with van der Waals surface area (Å²) >= 11 is 0. The molecule has 4 aromatic rings. The molecule has 2 atom stereocenters. The Kier molecular flexibility index (Phi) is 5.37. The number of nitrogens with zero attached hydrogens (tertiary/aromatic N) is 2. The van der Waals surface area contributed by atoms with Crippen LogP contribution in [0.5, 0.6) is 17.2 Å². The van der Waals surface area contributed by atoms with Crippen molar-refractivity contribution in [2.45, 2.75) is 25.2 Å². The first-order chi connectivity index (χ1) is 15.3. The number of para-hydroxylation sites is 1. The van der Waals surface area contributed by atoms with Crippen LogP contribution in [0.1, 0.15) is 23.8 Å². The molecular weight excluding hydrogens is 392 g/mol. The largest absolute Gasteiger partial charge is 0.493 e. The van der Waals surface area contributed by atoms with Gasteiger partial charge >= 0.3 is 0 Å². The zero-order chi connectivity index (χ0) is 21.0. The third-order valence-electron chi connectivity index (χ3n) is 5.28. The number of hydrogen-bond donors (Lipinski definition) is 1. The van der Waals surface area contributed by atoms with Crippen LogP contribution >= 0.6 is 0 Å². The molecule has 3 heterocycles. The number of ether oxygens (including phenoxy) is 3. The lowest BCUT2D eigenvalue weighted by atomic mass is 10.0. The third kappa shape index (κ3) is 4.29. The third-order valence-corrected chi connectivity index (χ3v) is 5.28. The van der Waals surface area contributed by atoms with E-state index in [9.17, 15) is 5.11 Å². The average molecular weight is 414 g/mol. The zero-order valence-electron chi connectivity index (χ0n) is 16.8. The second-order valence-electron chi connectivity index (χ2n) is 7.41. The number of hydrogen-bond acceptors (Lipinski definition) is 6. The lowest BCUT2D eigenvalue weighted by Gasteiger charge is -2.22. The van der Waals surface area contributed by atoms with Gasteiger partial charge < -0.3 is 19.3 Å². The van der Waals surface area contributed by atoms with Gasteiger partial charge in [-0.1, -0.05) is 24.3 Å². The summed E-state index contributed by atoms with van der Waals surface area (Å²) in [7, 11) is 0. The first-order valence-corrected chi connectivity index (χ1v) is 10.3. The maximum atomic E-state index is 11.0. The Morgan fingerprint density at radius 2 is 1.94 bits per heavy atom. The highest BCUT2D eigenvalue weighted by Crippen LogP contribution is 2.36. The van der Waals surface area contributed by atoms with Gasteiger partial charge in [-0.3, -0.25) is 4.98 Å². The molecule has 0 radical (unpaired) electrons. The van der Waals surface area contributed by atoms with E-state index in [2.05, 4.69) is 9.97 Å². The second-order valence-corrected chi connectivity index (χ2v) is 7.41. The molecule has 0 amide bonds. The fraction of sp³-hybridized carbons (Fsp3) is 0.200. The number of aromatic nitrogens is 2. The Morgan fingerprint density at radius 3 is 2.84 bits per heavy atom. The number of benzene rings is 2. The summed E-state index contributed by atoms with van der Waals surface area (Å²) in [6, 6.07) is 21.1. The van der Waals surface area contributed by atoms with E-state index in [4.69, 9.17) is 14.2 Å². The molecule has 0 bridgehead atoms. The van der Waals surface area contributed by atoms with Crippen LogP contribution in [0.15, 0.2) is 79.1 Å². The Hall–Kier alpha value is -3.64. The standard InChI is InChI=1S/C25H22N2O4/c28-25-21-14-19(30-16-18-8-7-17-4-1-2-6-22(17)27-18)9-10-23(21)29-13-11-24(25)31-20-5-3-12-26-15-20/h1-10,12,14-15,24-25,28H,11,13,16H2/t24-,25+/m0/s1. The SMILES string of the molecule is O[C@@H]1c2cc(OCc3ccc4ccccc4n3)ccc2OCC[C@@H]1Oc1cccnc1. The van der Waals surface area contributed by atoms with E-state index in [0.29, 0.717) is 42.4 Å². The number of pyridine rings is 2. The Morgan fingerprint density at radius 1 is 1.00 bits per heavy atom. The summed E-state index contributed by atoms with van der Waals surface area (Å²) in [6.45, 7) is 0.784. The molecule has 0 saturated carbocycles. The van der Waals surface area contributed by atoms with Crippen molar-refractivity contribution in [2.24, 2.45) is 0 Å². The molecule has 1 N–H and O–H groups in total. The zero-order valence-corrected chi connectivity index (χ0v) is 16.8. The van der Waals surface area contributed by atoms with Crippen LogP contribution in [0.25, 0.3) is 10.9 Å². The van der Waals surface area contributed by atoms with Crippen LogP contribution in [0, 0.1) is 0 Å². The highest BCUT2D eigenvalue weighted by molar-refractivity contribution is 5.78. The van der Waals surface area contributed by atoms with Crippen LogP contribution in [-0.4, -0.2) is 27.8 Å². The summed E-state index contributed by atoms with van der Waals surface area (Å²) < 4.78 is 17.8. The van der Waals surface area contributed by atoms with Gasteiger partial charge in [-0.15, -0.1) is 0 Å². The molecule has 6 heteroatoms. The number of rotatable bonds is 5. The van der Waals surface area contributed by atoms with Crippen molar-refractivity contribution in [1.29, 1.82) is 0 Å². The minimum absolute atomic E-state index is 0.330. The maximum absolute atomic E-state index is 11.0. The Balaban J connectivity index is 1.33. The van der Waals surface area contributed by atoms with Gasteiger partial charge in [0.1, 0.15) is 36.1 Å². The van der Waals surface area contributed by atoms with Crippen molar-refractivity contribution >= 4 is 10.9 Å². The molecule has 0 saturated heterocycles. The fourth-order valence-corrected chi connectivity index (χ4v) is 3.68. The summed E-state index contributed by atoms with van der Waals surface area (Å²) in [4.78, 5) is 8.71. The summed E-state index contributed by atoms with van der Waals surface area (Å²) in [6.07, 6.45) is 2.59. The molecule has 5 rings (SSSR count). The molecule has 1 aliphatic heterocycles. The van der Waals surface area contributed by atoms with Crippen LogP contribution < -0.4 is 14.2 Å². The normalized spacial score (nSPS) is 18.0. The highest BCUT2D eigenvalue weighted by atomic mass is 16.5. The minimum atomic E-state index is -0.847. The molecular formula is C25H22N2O4. The molecule has 2 aromatic carbocycles. The molecule has 2 aromatic heterocycles. The van der Waals surface area contributed by atoms with E-state index in [0.717, 1.165) is 16.6 Å². The summed E-state index contributed by atoms with van der Waals surface area (Å²) in [5.74, 6) is 1.89. The van der Waals surface area contributed by atoms with Gasteiger partial charge in [0, 0.05) is 23.6 Å². The fourth-order valence-electron chi connectivity index (χ4n) is 3.68. The molecule has 6 nitrogen and oxygen atoms in total. The van der Waals surface area contributed by atoms with Gasteiger partial charge in [-0.25, -0.2) is 4.98 Å². The predicted molar refractivity (Wildman–Crippen MR) is 116 cm³/mol. The van der Waals surface area contributed by atoms with Gasteiger partial charge in [-0.2, -0.15) is 0 Å². The van der Waals surface area contributed by atoms with Crippen molar-refractivity contribution in [2.75, 3.05) is 6.61 Å². The molecule has 1 aliphatic rings. The second kappa shape index (κ2) is 8.62. The summed E-state index contributed by atoms with van der Waals surface area (Å²) in [5, 5.41) is 12.1. The van der Waals surface area contributed by atoms with Gasteiger partial charge in [-0.05, 0) is 42.5 Å². The van der Waals surface area contributed by atoms with E-state index >= 15 is 0 Å². The van der Waals surface area contributed by atoms with Crippen LogP contribution in [0.3, 0.4) is 0 Å². The van der Waals surface area contributed by atoms with E-state index in [-0.39, 0.29) is 0 Å². The Bertz CT molecular complexity index is 1180. The molecule has 0 fully saturated rings. The Labute approximate surface area is 180 Å². The lowest BCUT2D eigenvalue weighted by Crippen LogP contribution is -2.25. The first kappa shape index (κ1) is 19.3. The lowest BCUT2D eigenvalue weighted by molar-refractivity contribution is 0.0309. The monoisotopic (exact) mass is 414 g/mol. The number of fused-ring (bicyclic) bond motifs is 2. The maximum Gasteiger partial charge on any atom is 0.138 e. The predicted octanol–water partition coefficient (Wildman–Crippen LogP) is 4.47. The van der Waals surface area contributed by atoms with Gasteiger partial charge in [0.25, 0.3) is 0 Å². The molecule has 0 unspecified atom stereocenters. The topological polar surface area (TPSA) is 73.7 Å². The first-order valence-electron chi connectivity index (χ1n) is 10.3. The van der Waals surface area contributed by atoms with Crippen molar-refractivity contribution in [3.8, 4) is 17.2 Å². The van der Waals surface area contributed by atoms with Gasteiger partial charge in [0.2, 0.25) is 0 Å². The highest BCUT2D eigenvalue weighted by Gasteiger charge is 2.29. The van der Waals surface area contributed by atoms with Gasteiger partial charge in [0.05, 0.1) is 24.0 Å². The smallest absolute Gasteiger partial charge is 0.138 e. The van der Waals surface area contributed by atoms with E-state index in [1.54, 1.807) is 18.5 Å². The van der Waals surface area contributed by atoms with Gasteiger partial charge in [0.15, 0.2) is 0 Å². The minimum Gasteiger partial charge on any atom is -0.493 e. The van der Waals surface area contributed by atoms with Crippen LogP contribution in [-0.2, 0) is 6.61 Å². The van der Waals surface area contributed by atoms with E-state index in [1.165, 1.54) is 0 Å². The molecule has 0 spiro atoms. The van der Waals surface area contributed by atoms with Crippen molar-refractivity contribution in [3.63, 3.8) is 0 Å². The van der Waals surface area contributed by atoms with Crippen molar-refractivity contribution < 1.29 is 19.3 Å². The summed E-state index contributed by atoms with van der Waals surface area (Å²) in [5.41, 5.74) is 2.42. The van der Waals surface area contributed by atoms with Crippen LogP contribution in [0.4, 0.5) is 0 Å². The quantitative estimate of drug-likeness (QED) is 0.519. The number of aliphatic hydroxyl groups is 1. The average Bonchev–Trinajstić information content (AvgIpc) is 2.97. The van der Waals surface area contributed by atoms with Crippen LogP contribution in [0.2, 0.25) is 0 Å². The van der Waals surface area contributed by atoms with Crippen molar-refractivity contribution in [1.82, 2.24) is 9.97 Å².